The zero-order valence-corrected chi connectivity index (χ0v) is 15.0. The number of benzene rings is 2. The molecule has 0 saturated carbocycles. The zero-order valence-electron chi connectivity index (χ0n) is 15.0. The van der Waals surface area contributed by atoms with Gasteiger partial charge in [0.05, 0.1) is 13.5 Å². The summed E-state index contributed by atoms with van der Waals surface area (Å²) in [5.74, 6) is 0.999. The van der Waals surface area contributed by atoms with Crippen LogP contribution in [0.5, 0.6) is 5.75 Å². The third kappa shape index (κ3) is 4.53. The van der Waals surface area contributed by atoms with Gasteiger partial charge in [0.25, 0.3) is 0 Å². The molecule has 25 heavy (non-hydrogen) atoms. The Balaban J connectivity index is 1.48. The Bertz CT molecular complexity index is 704. The molecule has 0 bridgehead atoms. The highest BCUT2D eigenvalue weighted by atomic mass is 16.5. The second kappa shape index (κ2) is 8.06. The number of piperidine rings is 1. The predicted molar refractivity (Wildman–Crippen MR) is 101 cm³/mol. The van der Waals surface area contributed by atoms with Gasteiger partial charge in [-0.05, 0) is 55.2 Å². The smallest absolute Gasteiger partial charge is 0.224 e. The first-order valence-corrected chi connectivity index (χ1v) is 8.88. The highest BCUT2D eigenvalue weighted by Gasteiger charge is 2.21. The van der Waals surface area contributed by atoms with Gasteiger partial charge in [-0.1, -0.05) is 24.3 Å². The van der Waals surface area contributed by atoms with E-state index in [4.69, 9.17) is 4.74 Å². The molecule has 1 aliphatic rings. The second-order valence-electron chi connectivity index (χ2n) is 6.63. The number of hydrogen-bond donors (Lipinski definition) is 1. The molecule has 1 aliphatic heterocycles. The monoisotopic (exact) mass is 338 g/mol. The fraction of sp³-hybridized carbons (Fsp3) is 0.381. The Hall–Kier alpha value is -2.49. The first-order chi connectivity index (χ1) is 12.2. The van der Waals surface area contributed by atoms with E-state index in [1.54, 1.807) is 7.11 Å². The van der Waals surface area contributed by atoms with E-state index in [0.29, 0.717) is 6.42 Å². The first-order valence-electron chi connectivity index (χ1n) is 8.88. The topological polar surface area (TPSA) is 41.6 Å². The normalized spacial score (nSPS) is 15.0. The van der Waals surface area contributed by atoms with Gasteiger partial charge in [0.1, 0.15) is 5.75 Å². The lowest BCUT2D eigenvalue weighted by atomic mass is 10.0. The van der Waals surface area contributed by atoms with Crippen molar-refractivity contribution in [3.05, 3.63) is 59.7 Å². The lowest BCUT2D eigenvalue weighted by Crippen LogP contribution is -2.45. The molecule has 4 heteroatoms. The number of rotatable bonds is 5. The number of amides is 1. The molecule has 3 rings (SSSR count). The molecule has 0 aliphatic carbocycles. The van der Waals surface area contributed by atoms with Crippen LogP contribution in [0.1, 0.15) is 24.0 Å². The van der Waals surface area contributed by atoms with E-state index in [0.717, 1.165) is 37.2 Å². The molecule has 1 heterocycles. The lowest BCUT2D eigenvalue weighted by molar-refractivity contribution is -0.121. The van der Waals surface area contributed by atoms with Crippen LogP contribution in [0.2, 0.25) is 0 Å². The summed E-state index contributed by atoms with van der Waals surface area (Å²) in [7, 11) is 1.68. The van der Waals surface area contributed by atoms with Gasteiger partial charge in [-0.3, -0.25) is 4.79 Å². The maximum absolute atomic E-state index is 12.3. The van der Waals surface area contributed by atoms with Crippen molar-refractivity contribution in [2.45, 2.75) is 32.2 Å². The highest BCUT2D eigenvalue weighted by Crippen LogP contribution is 2.23. The van der Waals surface area contributed by atoms with Gasteiger partial charge < -0.3 is 15.0 Å². The number of carbonyl (C=O) groups is 1. The van der Waals surface area contributed by atoms with Crippen molar-refractivity contribution in [2.75, 3.05) is 25.1 Å². The number of carbonyl (C=O) groups excluding carboxylic acids is 1. The number of methoxy groups -OCH3 is 1. The summed E-state index contributed by atoms with van der Waals surface area (Å²) >= 11 is 0. The molecule has 0 unspecified atom stereocenters. The Morgan fingerprint density at radius 3 is 2.44 bits per heavy atom. The van der Waals surface area contributed by atoms with E-state index in [2.05, 4.69) is 35.3 Å². The number of aryl methyl sites for hydroxylation is 1. The minimum absolute atomic E-state index is 0.122. The van der Waals surface area contributed by atoms with Crippen LogP contribution in [0.3, 0.4) is 0 Å². The fourth-order valence-electron chi connectivity index (χ4n) is 3.34. The Morgan fingerprint density at radius 1 is 1.12 bits per heavy atom. The maximum atomic E-state index is 12.3. The number of hydrogen-bond acceptors (Lipinski definition) is 3. The number of anilines is 1. The van der Waals surface area contributed by atoms with Gasteiger partial charge in [-0.2, -0.15) is 0 Å². The average Bonchev–Trinajstić information content (AvgIpc) is 2.64. The van der Waals surface area contributed by atoms with E-state index in [1.807, 2.05) is 30.3 Å². The zero-order chi connectivity index (χ0) is 17.6. The van der Waals surface area contributed by atoms with Crippen LogP contribution in [0.15, 0.2) is 48.5 Å². The van der Waals surface area contributed by atoms with Crippen LogP contribution in [0, 0.1) is 6.92 Å². The lowest BCUT2D eigenvalue weighted by Gasteiger charge is -2.34. The van der Waals surface area contributed by atoms with Crippen molar-refractivity contribution in [3.8, 4) is 5.75 Å². The Labute approximate surface area is 149 Å². The van der Waals surface area contributed by atoms with Crippen molar-refractivity contribution in [1.82, 2.24) is 5.32 Å². The third-order valence-corrected chi connectivity index (χ3v) is 4.91. The summed E-state index contributed by atoms with van der Waals surface area (Å²) < 4.78 is 5.21. The second-order valence-corrected chi connectivity index (χ2v) is 6.63. The maximum Gasteiger partial charge on any atom is 0.224 e. The molecule has 0 atom stereocenters. The predicted octanol–water partition coefficient (Wildman–Crippen LogP) is 3.33. The highest BCUT2D eigenvalue weighted by molar-refractivity contribution is 5.79. The minimum atomic E-state index is 0.122. The summed E-state index contributed by atoms with van der Waals surface area (Å²) in [4.78, 5) is 14.7. The fourth-order valence-corrected chi connectivity index (χ4v) is 3.34. The summed E-state index contributed by atoms with van der Waals surface area (Å²) in [6.45, 7) is 3.97. The molecule has 1 fully saturated rings. The molecule has 0 aromatic heterocycles. The minimum Gasteiger partial charge on any atom is -0.497 e. The van der Waals surface area contributed by atoms with Crippen molar-refractivity contribution < 1.29 is 9.53 Å². The van der Waals surface area contributed by atoms with Gasteiger partial charge in [0.15, 0.2) is 0 Å². The number of ether oxygens (including phenoxy) is 1. The van der Waals surface area contributed by atoms with Crippen LogP contribution in [-0.2, 0) is 11.2 Å². The molecule has 2 aromatic rings. The van der Waals surface area contributed by atoms with E-state index in [-0.39, 0.29) is 11.9 Å². The molecular formula is C21H26N2O2. The van der Waals surface area contributed by atoms with Gasteiger partial charge in [-0.25, -0.2) is 0 Å². The van der Waals surface area contributed by atoms with Crippen molar-refractivity contribution in [3.63, 3.8) is 0 Å². The summed E-state index contributed by atoms with van der Waals surface area (Å²) in [6.07, 6.45) is 2.42. The van der Waals surface area contributed by atoms with Gasteiger partial charge in [0, 0.05) is 24.8 Å². The Kier molecular flexibility index (Phi) is 5.59. The molecule has 1 N–H and O–H groups in total. The first kappa shape index (κ1) is 17.3. The van der Waals surface area contributed by atoms with Crippen LogP contribution >= 0.6 is 0 Å². The standard InChI is InChI=1S/C21H26N2O2/c1-16-5-3-4-6-17(16)15-21(24)22-18-11-13-23(14-12-18)19-7-9-20(25-2)10-8-19/h3-10,18H,11-15H2,1-2H3,(H,22,24). The molecule has 132 valence electrons. The van der Waals surface area contributed by atoms with Gasteiger partial charge in [-0.15, -0.1) is 0 Å². The van der Waals surface area contributed by atoms with Crippen LogP contribution in [0.25, 0.3) is 0 Å². The van der Waals surface area contributed by atoms with Crippen molar-refractivity contribution in [2.24, 2.45) is 0 Å². The third-order valence-electron chi connectivity index (χ3n) is 4.91. The molecule has 2 aromatic carbocycles. The summed E-state index contributed by atoms with van der Waals surface area (Å²) in [6, 6.07) is 16.5. The van der Waals surface area contributed by atoms with Gasteiger partial charge in [0.2, 0.25) is 5.91 Å². The van der Waals surface area contributed by atoms with Crippen molar-refractivity contribution in [1.29, 1.82) is 0 Å². The van der Waals surface area contributed by atoms with E-state index in [1.165, 1.54) is 11.3 Å². The van der Waals surface area contributed by atoms with Gasteiger partial charge >= 0.3 is 0 Å². The quantitative estimate of drug-likeness (QED) is 0.909. The molecular weight excluding hydrogens is 312 g/mol. The molecule has 1 amide bonds. The van der Waals surface area contributed by atoms with E-state index >= 15 is 0 Å². The number of nitrogens with zero attached hydrogens (tertiary/aromatic N) is 1. The summed E-state index contributed by atoms with van der Waals surface area (Å²) in [5, 5.41) is 3.20. The average molecular weight is 338 g/mol. The molecule has 0 spiro atoms. The Morgan fingerprint density at radius 2 is 1.80 bits per heavy atom. The van der Waals surface area contributed by atoms with Crippen LogP contribution in [0.4, 0.5) is 5.69 Å². The SMILES string of the molecule is COc1ccc(N2CCC(NC(=O)Cc3ccccc3C)CC2)cc1. The summed E-state index contributed by atoms with van der Waals surface area (Å²) in [5.41, 5.74) is 3.49. The van der Waals surface area contributed by atoms with Crippen LogP contribution < -0.4 is 15.0 Å². The van der Waals surface area contributed by atoms with Crippen LogP contribution in [-0.4, -0.2) is 32.1 Å². The van der Waals surface area contributed by atoms with E-state index in [9.17, 15) is 4.79 Å². The molecule has 1 saturated heterocycles. The number of nitrogens with one attached hydrogen (secondary N) is 1. The van der Waals surface area contributed by atoms with Crippen molar-refractivity contribution >= 4 is 11.6 Å². The largest absolute Gasteiger partial charge is 0.497 e. The molecule has 4 nitrogen and oxygen atoms in total. The van der Waals surface area contributed by atoms with E-state index < -0.39 is 0 Å². The molecule has 0 radical (unpaired) electrons.